The van der Waals surface area contributed by atoms with Gasteiger partial charge in [0.05, 0.1) is 10.5 Å². The zero-order valence-corrected chi connectivity index (χ0v) is 19.7. The van der Waals surface area contributed by atoms with E-state index in [2.05, 4.69) is 11.6 Å². The average molecular weight is 469 g/mol. The molecule has 1 fully saturated rings. The lowest BCUT2D eigenvalue weighted by Crippen LogP contribution is -2.38. The zero-order valence-electron chi connectivity index (χ0n) is 18.0. The molecular formula is C20H28N4O5S2. The minimum Gasteiger partial charge on any atom is -0.350 e. The van der Waals surface area contributed by atoms with E-state index < -0.39 is 20.0 Å². The molecular weight excluding hydrogens is 440 g/mol. The number of hydrogen-bond donors (Lipinski definition) is 2. The molecule has 0 saturated carbocycles. The van der Waals surface area contributed by atoms with E-state index in [0.29, 0.717) is 30.4 Å². The first kappa shape index (κ1) is 23.3. The summed E-state index contributed by atoms with van der Waals surface area (Å²) >= 11 is 0. The number of sulfonamides is 2. The Hall–Kier alpha value is -2.37. The number of primary sulfonamides is 1. The van der Waals surface area contributed by atoms with Gasteiger partial charge in [-0.15, -0.1) is 0 Å². The summed E-state index contributed by atoms with van der Waals surface area (Å²) in [7, 11) is -6.29. The predicted octanol–water partition coefficient (Wildman–Crippen LogP) is 1.96. The van der Waals surface area contributed by atoms with Crippen molar-refractivity contribution in [1.82, 2.24) is 9.47 Å². The van der Waals surface area contributed by atoms with Crippen molar-refractivity contribution in [2.24, 2.45) is 18.1 Å². The lowest BCUT2D eigenvalue weighted by molar-refractivity contribution is 0.0692. The molecule has 1 aliphatic rings. The number of likely N-dealkylation sites (tertiary alicyclic amines) is 1. The van der Waals surface area contributed by atoms with Gasteiger partial charge in [-0.05, 0) is 56.9 Å². The summed E-state index contributed by atoms with van der Waals surface area (Å²) in [5.74, 6) is 0.242. The van der Waals surface area contributed by atoms with E-state index >= 15 is 0 Å². The van der Waals surface area contributed by atoms with Crippen molar-refractivity contribution in [1.29, 1.82) is 0 Å². The topological polar surface area (TPSA) is 132 Å². The Bertz CT molecular complexity index is 1210. The Morgan fingerprint density at radius 3 is 2.10 bits per heavy atom. The van der Waals surface area contributed by atoms with E-state index in [1.165, 1.54) is 24.3 Å². The minimum atomic E-state index is -4.12. The van der Waals surface area contributed by atoms with Crippen molar-refractivity contribution in [3.8, 4) is 0 Å². The summed E-state index contributed by atoms with van der Waals surface area (Å²) in [5, 5.41) is 5.09. The smallest absolute Gasteiger partial charge is 0.264 e. The predicted molar refractivity (Wildman–Crippen MR) is 118 cm³/mol. The van der Waals surface area contributed by atoms with Crippen LogP contribution in [0.4, 0.5) is 5.69 Å². The Morgan fingerprint density at radius 1 is 1.03 bits per heavy atom. The molecule has 0 bridgehead atoms. The monoisotopic (exact) mass is 468 g/mol. The highest BCUT2D eigenvalue weighted by Gasteiger charge is 2.34. The number of carbonyl (C=O) groups is 1. The van der Waals surface area contributed by atoms with Crippen LogP contribution in [0.25, 0.3) is 0 Å². The maximum Gasteiger partial charge on any atom is 0.264 e. The molecule has 1 aromatic heterocycles. The summed E-state index contributed by atoms with van der Waals surface area (Å²) in [6, 6.07) is 5.07. The molecule has 0 unspecified atom stereocenters. The SMILES string of the molecule is Cc1c(C(=O)N2CCC(C)CC2)c(S(=O)(=O)Nc2ccc(S(N)(=O)=O)cc2)c(C)n1C. The summed E-state index contributed by atoms with van der Waals surface area (Å²) < 4.78 is 53.6. The van der Waals surface area contributed by atoms with Crippen molar-refractivity contribution >= 4 is 31.6 Å². The highest BCUT2D eigenvalue weighted by Crippen LogP contribution is 2.30. The maximum absolute atomic E-state index is 13.3. The van der Waals surface area contributed by atoms with Crippen LogP contribution < -0.4 is 9.86 Å². The number of nitrogens with zero attached hydrogens (tertiary/aromatic N) is 2. The Kier molecular flexibility index (Phi) is 6.23. The number of benzene rings is 1. The number of nitrogens with two attached hydrogens (primary N) is 1. The van der Waals surface area contributed by atoms with Gasteiger partial charge in [0.2, 0.25) is 10.0 Å². The van der Waals surface area contributed by atoms with Gasteiger partial charge in [0, 0.05) is 37.2 Å². The fourth-order valence-corrected chi connectivity index (χ4v) is 5.88. The lowest BCUT2D eigenvalue weighted by Gasteiger charge is -2.30. The van der Waals surface area contributed by atoms with Crippen LogP contribution in [0.15, 0.2) is 34.1 Å². The Morgan fingerprint density at radius 2 is 1.58 bits per heavy atom. The van der Waals surface area contributed by atoms with Crippen molar-refractivity contribution < 1.29 is 21.6 Å². The van der Waals surface area contributed by atoms with Crippen LogP contribution in [0.3, 0.4) is 0 Å². The molecule has 0 spiro atoms. The van der Waals surface area contributed by atoms with Crippen LogP contribution >= 0.6 is 0 Å². The Balaban J connectivity index is 1.99. The molecule has 0 atom stereocenters. The van der Waals surface area contributed by atoms with Gasteiger partial charge in [-0.25, -0.2) is 22.0 Å². The van der Waals surface area contributed by atoms with Crippen LogP contribution in [0.2, 0.25) is 0 Å². The molecule has 1 aromatic carbocycles. The molecule has 11 heteroatoms. The van der Waals surface area contributed by atoms with Crippen LogP contribution in [-0.4, -0.2) is 45.3 Å². The standard InChI is InChI=1S/C20H28N4O5S2/c1-13-9-11-24(12-10-13)20(25)18-14(2)23(4)15(3)19(18)31(28,29)22-16-5-7-17(8-6-16)30(21,26)27/h5-8,13,22H,9-12H2,1-4H3,(H2,21,26,27). The summed E-state index contributed by atoms with van der Waals surface area (Å²) in [6.45, 7) is 6.71. The van der Waals surface area contributed by atoms with Crippen molar-refractivity contribution in [2.75, 3.05) is 17.8 Å². The summed E-state index contributed by atoms with van der Waals surface area (Å²) in [6.07, 6.45) is 1.76. The Labute approximate surface area is 183 Å². The molecule has 1 saturated heterocycles. The second kappa shape index (κ2) is 8.29. The normalized spacial score (nSPS) is 15.8. The number of aromatic nitrogens is 1. The van der Waals surface area contributed by atoms with E-state index in [1.807, 2.05) is 0 Å². The molecule has 3 rings (SSSR count). The number of nitrogens with one attached hydrogen (secondary N) is 1. The molecule has 1 amide bonds. The number of anilines is 1. The third-order valence-electron chi connectivity index (χ3n) is 5.91. The van der Waals surface area contributed by atoms with E-state index in [4.69, 9.17) is 5.14 Å². The van der Waals surface area contributed by atoms with Crippen LogP contribution in [0, 0.1) is 19.8 Å². The number of amides is 1. The van der Waals surface area contributed by atoms with Crippen LogP contribution in [0.1, 0.15) is 41.5 Å². The number of piperidine rings is 1. The molecule has 31 heavy (non-hydrogen) atoms. The van der Waals surface area contributed by atoms with Gasteiger partial charge in [0.1, 0.15) is 4.90 Å². The minimum absolute atomic E-state index is 0.0633. The van der Waals surface area contributed by atoms with Gasteiger partial charge in [-0.3, -0.25) is 9.52 Å². The molecule has 3 N–H and O–H groups in total. The lowest BCUT2D eigenvalue weighted by atomic mass is 9.98. The summed E-state index contributed by atoms with van der Waals surface area (Å²) in [5.41, 5.74) is 1.35. The quantitative estimate of drug-likeness (QED) is 0.692. The van der Waals surface area contributed by atoms with Gasteiger partial charge in [-0.2, -0.15) is 0 Å². The number of hydrogen-bond acceptors (Lipinski definition) is 5. The van der Waals surface area contributed by atoms with E-state index in [-0.39, 0.29) is 26.9 Å². The largest absolute Gasteiger partial charge is 0.350 e. The first-order chi connectivity index (χ1) is 14.3. The van der Waals surface area contributed by atoms with Crippen LogP contribution in [0.5, 0.6) is 0 Å². The first-order valence-corrected chi connectivity index (χ1v) is 13.0. The molecule has 2 heterocycles. The van der Waals surface area contributed by atoms with E-state index in [1.54, 1.807) is 30.4 Å². The fraction of sp³-hybridized carbons (Fsp3) is 0.450. The van der Waals surface area contributed by atoms with Gasteiger partial charge >= 0.3 is 0 Å². The van der Waals surface area contributed by atoms with Gasteiger partial charge in [-0.1, -0.05) is 6.92 Å². The second-order valence-corrected chi connectivity index (χ2v) is 11.3. The molecule has 170 valence electrons. The van der Waals surface area contributed by atoms with Gasteiger partial charge in [0.15, 0.2) is 0 Å². The zero-order chi connectivity index (χ0) is 23.1. The molecule has 9 nitrogen and oxygen atoms in total. The number of rotatable bonds is 5. The van der Waals surface area contributed by atoms with Crippen molar-refractivity contribution in [3.05, 3.63) is 41.2 Å². The second-order valence-electron chi connectivity index (χ2n) is 8.08. The number of carbonyl (C=O) groups excluding carboxylic acids is 1. The van der Waals surface area contributed by atoms with Crippen molar-refractivity contribution in [2.45, 2.75) is 43.4 Å². The highest BCUT2D eigenvalue weighted by molar-refractivity contribution is 7.92. The summed E-state index contributed by atoms with van der Waals surface area (Å²) in [4.78, 5) is 14.8. The molecule has 2 aromatic rings. The third-order valence-corrected chi connectivity index (χ3v) is 8.38. The van der Waals surface area contributed by atoms with Gasteiger partial charge < -0.3 is 9.47 Å². The highest BCUT2D eigenvalue weighted by atomic mass is 32.2. The van der Waals surface area contributed by atoms with Gasteiger partial charge in [0.25, 0.3) is 15.9 Å². The van der Waals surface area contributed by atoms with Crippen LogP contribution in [-0.2, 0) is 27.1 Å². The fourth-order valence-electron chi connectivity index (χ4n) is 3.79. The molecule has 0 aliphatic carbocycles. The molecule has 1 aliphatic heterocycles. The maximum atomic E-state index is 13.3. The molecule has 0 radical (unpaired) electrons. The third kappa shape index (κ3) is 4.63. The van der Waals surface area contributed by atoms with Crippen molar-refractivity contribution in [3.63, 3.8) is 0 Å². The first-order valence-electron chi connectivity index (χ1n) is 9.93. The van der Waals surface area contributed by atoms with E-state index in [0.717, 1.165) is 12.8 Å². The average Bonchev–Trinajstić information content (AvgIpc) is 2.92. The van der Waals surface area contributed by atoms with E-state index in [9.17, 15) is 21.6 Å².